The molecule has 1 N–H and O–H groups in total. The molecule has 1 aromatic rings. The Hall–Kier alpha value is -2.03. The van der Waals surface area contributed by atoms with Crippen molar-refractivity contribution < 1.29 is 0 Å². The lowest BCUT2D eigenvalue weighted by Crippen LogP contribution is -2.40. The first kappa shape index (κ1) is 13.4. The smallest absolute Gasteiger partial charge is 0.332 e. The second-order valence-electron chi connectivity index (χ2n) is 5.30. The van der Waals surface area contributed by atoms with E-state index in [0.717, 1.165) is 23.8 Å². The van der Waals surface area contributed by atoms with E-state index in [1.165, 1.54) is 11.6 Å². The molecule has 6 heteroatoms. The molecule has 19 heavy (non-hydrogen) atoms. The van der Waals surface area contributed by atoms with Crippen LogP contribution in [0.4, 0.5) is 5.82 Å². The second-order valence-corrected chi connectivity index (χ2v) is 5.30. The van der Waals surface area contributed by atoms with Gasteiger partial charge in [0, 0.05) is 20.1 Å². The van der Waals surface area contributed by atoms with Gasteiger partial charge in [-0.15, -0.1) is 0 Å². The summed E-state index contributed by atoms with van der Waals surface area (Å²) in [4.78, 5) is 23.8. The Balaban J connectivity index is 2.48. The van der Waals surface area contributed by atoms with E-state index < -0.39 is 11.2 Å². The third-order valence-electron chi connectivity index (χ3n) is 3.81. The molecule has 1 heterocycles. The van der Waals surface area contributed by atoms with Crippen molar-refractivity contribution in [2.24, 2.45) is 20.0 Å². The molecular formula is C13H18N4O2. The summed E-state index contributed by atoms with van der Waals surface area (Å²) in [5.74, 6) is 0.973. The van der Waals surface area contributed by atoms with Crippen LogP contribution in [0.5, 0.6) is 0 Å². The molecule has 0 spiro atoms. The van der Waals surface area contributed by atoms with Gasteiger partial charge in [-0.2, -0.15) is 5.26 Å². The van der Waals surface area contributed by atoms with Crippen LogP contribution >= 0.6 is 0 Å². The Morgan fingerprint density at radius 1 is 1.26 bits per heavy atom. The molecule has 1 aliphatic rings. The van der Waals surface area contributed by atoms with Gasteiger partial charge in [-0.05, 0) is 25.2 Å². The van der Waals surface area contributed by atoms with Crippen LogP contribution in [-0.4, -0.2) is 15.2 Å². The molecule has 1 aromatic heterocycles. The summed E-state index contributed by atoms with van der Waals surface area (Å²) >= 11 is 0. The van der Waals surface area contributed by atoms with E-state index in [-0.39, 0.29) is 11.6 Å². The highest BCUT2D eigenvalue weighted by Crippen LogP contribution is 2.27. The number of hydrogen-bond acceptors (Lipinski definition) is 4. The van der Waals surface area contributed by atoms with Gasteiger partial charge in [-0.3, -0.25) is 13.9 Å². The van der Waals surface area contributed by atoms with E-state index in [1.807, 2.05) is 6.07 Å². The Bertz CT molecular complexity index is 650. The number of rotatable bonds is 2. The lowest BCUT2D eigenvalue weighted by Gasteiger charge is -2.18. The molecule has 0 aliphatic heterocycles. The van der Waals surface area contributed by atoms with Gasteiger partial charge < -0.3 is 5.32 Å². The van der Waals surface area contributed by atoms with Gasteiger partial charge in [0.1, 0.15) is 11.9 Å². The summed E-state index contributed by atoms with van der Waals surface area (Å²) in [6.07, 6.45) is 3.11. The topological polar surface area (TPSA) is 79.8 Å². The third-order valence-corrected chi connectivity index (χ3v) is 3.81. The lowest BCUT2D eigenvalue weighted by molar-refractivity contribution is 0.599. The molecule has 0 amide bonds. The highest BCUT2D eigenvalue weighted by Gasteiger charge is 2.24. The number of nitriles is 1. The van der Waals surface area contributed by atoms with Crippen molar-refractivity contribution in [3.63, 3.8) is 0 Å². The predicted octanol–water partition coefficient (Wildman–Crippen LogP) is 0.556. The zero-order chi connectivity index (χ0) is 14.2. The van der Waals surface area contributed by atoms with E-state index in [2.05, 4.69) is 12.2 Å². The van der Waals surface area contributed by atoms with Crippen LogP contribution in [0.1, 0.15) is 31.7 Å². The summed E-state index contributed by atoms with van der Waals surface area (Å²) < 4.78 is 2.30. The first-order valence-electron chi connectivity index (χ1n) is 6.42. The fourth-order valence-corrected chi connectivity index (χ4v) is 2.65. The average molecular weight is 262 g/mol. The van der Waals surface area contributed by atoms with Crippen molar-refractivity contribution in [1.29, 1.82) is 5.26 Å². The van der Waals surface area contributed by atoms with Crippen molar-refractivity contribution in [2.45, 2.75) is 32.2 Å². The van der Waals surface area contributed by atoms with Crippen molar-refractivity contribution in [3.8, 4) is 6.07 Å². The van der Waals surface area contributed by atoms with Crippen LogP contribution in [0.25, 0.3) is 0 Å². The van der Waals surface area contributed by atoms with Crippen LogP contribution in [0, 0.1) is 17.2 Å². The van der Waals surface area contributed by atoms with Crippen molar-refractivity contribution >= 4 is 5.82 Å². The zero-order valence-corrected chi connectivity index (χ0v) is 11.4. The van der Waals surface area contributed by atoms with Gasteiger partial charge in [0.2, 0.25) is 0 Å². The van der Waals surface area contributed by atoms with Gasteiger partial charge in [0.15, 0.2) is 5.56 Å². The molecule has 2 rings (SSSR count). The van der Waals surface area contributed by atoms with Gasteiger partial charge >= 0.3 is 5.69 Å². The molecule has 2 unspecified atom stereocenters. The van der Waals surface area contributed by atoms with Crippen LogP contribution in [-0.2, 0) is 14.1 Å². The number of hydrogen-bond donors (Lipinski definition) is 1. The third kappa shape index (κ3) is 2.28. The maximum absolute atomic E-state index is 11.9. The molecule has 1 fully saturated rings. The number of nitrogens with zero attached hydrogens (tertiary/aromatic N) is 3. The maximum atomic E-state index is 11.9. The van der Waals surface area contributed by atoms with Crippen molar-refractivity contribution in [1.82, 2.24) is 9.13 Å². The molecule has 0 saturated heterocycles. The summed E-state index contributed by atoms with van der Waals surface area (Å²) in [5.41, 5.74) is -0.958. The molecule has 102 valence electrons. The maximum Gasteiger partial charge on any atom is 0.332 e. The molecule has 0 radical (unpaired) electrons. The van der Waals surface area contributed by atoms with E-state index in [1.54, 1.807) is 7.05 Å². The Kier molecular flexibility index (Phi) is 3.47. The minimum atomic E-state index is -0.542. The fourth-order valence-electron chi connectivity index (χ4n) is 2.65. The van der Waals surface area contributed by atoms with Gasteiger partial charge in [-0.1, -0.05) is 6.92 Å². The van der Waals surface area contributed by atoms with E-state index in [4.69, 9.17) is 5.26 Å². The quantitative estimate of drug-likeness (QED) is 0.844. The standard InChI is InChI=1S/C13H18N4O2/c1-8-4-5-9(6-8)15-11-10(7-14)12(18)17(3)13(19)16(11)2/h8-9,15H,4-6H2,1-3H3. The summed E-state index contributed by atoms with van der Waals surface area (Å²) in [5, 5.41) is 12.3. The molecule has 6 nitrogen and oxygen atoms in total. The zero-order valence-electron chi connectivity index (χ0n) is 11.4. The minimum Gasteiger partial charge on any atom is -0.367 e. The predicted molar refractivity (Wildman–Crippen MR) is 72.1 cm³/mol. The number of anilines is 1. The minimum absolute atomic E-state index is 0.00385. The highest BCUT2D eigenvalue weighted by atomic mass is 16.2. The van der Waals surface area contributed by atoms with E-state index in [0.29, 0.717) is 11.7 Å². The normalized spacial score (nSPS) is 22.2. The van der Waals surface area contributed by atoms with Crippen molar-refractivity contribution in [3.05, 3.63) is 26.4 Å². The molecule has 2 atom stereocenters. The Morgan fingerprint density at radius 3 is 2.47 bits per heavy atom. The summed E-state index contributed by atoms with van der Waals surface area (Å²) in [6, 6.07) is 2.12. The Labute approximate surface area is 111 Å². The van der Waals surface area contributed by atoms with Crippen molar-refractivity contribution in [2.75, 3.05) is 5.32 Å². The van der Waals surface area contributed by atoms with Crippen LogP contribution in [0.15, 0.2) is 9.59 Å². The van der Waals surface area contributed by atoms with E-state index >= 15 is 0 Å². The SMILES string of the molecule is CC1CCC(Nc2c(C#N)c(=O)n(C)c(=O)n2C)C1. The van der Waals surface area contributed by atoms with E-state index in [9.17, 15) is 9.59 Å². The van der Waals surface area contributed by atoms with Gasteiger partial charge in [-0.25, -0.2) is 4.79 Å². The second kappa shape index (κ2) is 4.92. The highest BCUT2D eigenvalue weighted by molar-refractivity contribution is 5.51. The molecule has 1 aliphatic carbocycles. The molecular weight excluding hydrogens is 244 g/mol. The van der Waals surface area contributed by atoms with Crippen LogP contribution in [0.3, 0.4) is 0 Å². The Morgan fingerprint density at radius 2 is 1.95 bits per heavy atom. The first-order valence-corrected chi connectivity index (χ1v) is 6.42. The summed E-state index contributed by atoms with van der Waals surface area (Å²) in [7, 11) is 2.95. The largest absolute Gasteiger partial charge is 0.367 e. The average Bonchev–Trinajstić information content (AvgIpc) is 2.79. The summed E-state index contributed by atoms with van der Waals surface area (Å²) in [6.45, 7) is 2.18. The molecule has 0 aromatic carbocycles. The van der Waals surface area contributed by atoms with Gasteiger partial charge in [0.05, 0.1) is 0 Å². The monoisotopic (exact) mass is 262 g/mol. The van der Waals surface area contributed by atoms with Crippen LogP contribution < -0.4 is 16.6 Å². The van der Waals surface area contributed by atoms with Crippen LogP contribution in [0.2, 0.25) is 0 Å². The fraction of sp³-hybridized carbons (Fsp3) is 0.615. The number of aromatic nitrogens is 2. The molecule has 0 bridgehead atoms. The first-order chi connectivity index (χ1) is 8.95. The lowest BCUT2D eigenvalue weighted by atomic mass is 10.1. The number of nitrogens with one attached hydrogen (secondary N) is 1. The van der Waals surface area contributed by atoms with Gasteiger partial charge in [0.25, 0.3) is 5.56 Å². The molecule has 1 saturated carbocycles.